The Hall–Kier alpha value is -2.76. The average molecular weight is 411 g/mol. The van der Waals surface area contributed by atoms with Crippen LogP contribution in [0.2, 0.25) is 0 Å². The molecule has 29 heavy (non-hydrogen) atoms. The van der Waals surface area contributed by atoms with Gasteiger partial charge in [-0.15, -0.1) is 5.92 Å². The number of aromatic nitrogens is 4. The zero-order chi connectivity index (χ0) is 20.8. The number of ether oxygens (including phenoxy) is 1. The molecule has 0 aliphatic heterocycles. The molecular weight excluding hydrogens is 384 g/mol. The zero-order valence-corrected chi connectivity index (χ0v) is 18.0. The summed E-state index contributed by atoms with van der Waals surface area (Å²) in [5.41, 5.74) is 8.36. The maximum atomic E-state index is 6.06. The van der Waals surface area contributed by atoms with E-state index in [-0.39, 0.29) is 0 Å². The molecule has 7 nitrogen and oxygen atoms in total. The topological polar surface area (TPSA) is 90.9 Å². The third-order valence-electron chi connectivity index (χ3n) is 4.29. The second kappa shape index (κ2) is 9.63. The Balaban J connectivity index is 1.99. The number of benzene rings is 1. The first-order valence-electron chi connectivity index (χ1n) is 9.52. The number of methoxy groups -OCH3 is 1. The molecule has 0 atom stereocenters. The number of anilines is 1. The summed E-state index contributed by atoms with van der Waals surface area (Å²) >= 11 is 1.53. The van der Waals surface area contributed by atoms with E-state index in [1.807, 2.05) is 25.1 Å². The number of nitrogen functional groups attached to an aromatic ring is 1. The second-order valence-corrected chi connectivity index (χ2v) is 7.79. The second-order valence-electron chi connectivity index (χ2n) is 6.78. The Morgan fingerprint density at radius 3 is 2.86 bits per heavy atom. The van der Waals surface area contributed by atoms with Crippen LogP contribution in [0, 0.1) is 11.8 Å². The van der Waals surface area contributed by atoms with Gasteiger partial charge in [-0.2, -0.15) is 0 Å². The summed E-state index contributed by atoms with van der Waals surface area (Å²) < 4.78 is 7.50. The maximum Gasteiger partial charge on any atom is 0.175 e. The lowest BCUT2D eigenvalue weighted by Crippen LogP contribution is -2.24. The van der Waals surface area contributed by atoms with E-state index in [0.29, 0.717) is 17.4 Å². The number of nitrogens with zero attached hydrogens (tertiary/aromatic N) is 4. The van der Waals surface area contributed by atoms with Crippen LogP contribution in [0.5, 0.6) is 5.75 Å². The van der Waals surface area contributed by atoms with E-state index < -0.39 is 0 Å². The van der Waals surface area contributed by atoms with Crippen LogP contribution < -0.4 is 15.8 Å². The van der Waals surface area contributed by atoms with Crippen LogP contribution in [0.25, 0.3) is 11.2 Å². The molecule has 0 aliphatic carbocycles. The summed E-state index contributed by atoms with van der Waals surface area (Å²) in [5, 5.41) is 4.25. The van der Waals surface area contributed by atoms with Gasteiger partial charge in [0.2, 0.25) is 0 Å². The van der Waals surface area contributed by atoms with Crippen molar-refractivity contribution in [2.75, 3.05) is 19.4 Å². The van der Waals surface area contributed by atoms with Gasteiger partial charge in [-0.05, 0) is 38.1 Å². The van der Waals surface area contributed by atoms with Gasteiger partial charge in [0.05, 0.1) is 7.11 Å². The van der Waals surface area contributed by atoms with Crippen molar-refractivity contribution in [3.05, 3.63) is 30.1 Å². The molecule has 0 saturated carbocycles. The molecule has 1 aromatic carbocycles. The highest BCUT2D eigenvalue weighted by Gasteiger charge is 2.17. The number of nitrogens with two attached hydrogens (primary N) is 1. The van der Waals surface area contributed by atoms with Gasteiger partial charge < -0.3 is 20.4 Å². The van der Waals surface area contributed by atoms with E-state index in [9.17, 15) is 0 Å². The van der Waals surface area contributed by atoms with E-state index in [1.165, 1.54) is 18.1 Å². The molecule has 3 rings (SSSR count). The lowest BCUT2D eigenvalue weighted by atomic mass is 10.2. The first kappa shape index (κ1) is 21.0. The predicted molar refractivity (Wildman–Crippen MR) is 117 cm³/mol. The molecule has 0 spiro atoms. The number of hydrogen-bond acceptors (Lipinski definition) is 7. The first-order chi connectivity index (χ1) is 14.0. The highest BCUT2D eigenvalue weighted by Crippen LogP contribution is 2.34. The van der Waals surface area contributed by atoms with Crippen LogP contribution >= 0.6 is 11.8 Å². The molecule has 0 bridgehead atoms. The van der Waals surface area contributed by atoms with Gasteiger partial charge in [0.1, 0.15) is 12.1 Å². The van der Waals surface area contributed by atoms with Crippen LogP contribution in [-0.2, 0) is 6.54 Å². The molecule has 8 heteroatoms. The van der Waals surface area contributed by atoms with Crippen LogP contribution in [-0.4, -0.2) is 39.2 Å². The Bertz CT molecular complexity index is 1050. The van der Waals surface area contributed by atoms with Crippen molar-refractivity contribution in [1.82, 2.24) is 24.8 Å². The number of aryl methyl sites for hydroxylation is 1. The maximum absolute atomic E-state index is 6.06. The van der Waals surface area contributed by atoms with Gasteiger partial charge in [-0.1, -0.05) is 31.5 Å². The van der Waals surface area contributed by atoms with Crippen molar-refractivity contribution >= 4 is 28.7 Å². The minimum atomic E-state index is 0.384. The number of fused-ring (bicyclic) bond motifs is 1. The molecule has 3 aromatic rings. The zero-order valence-electron chi connectivity index (χ0n) is 17.2. The van der Waals surface area contributed by atoms with E-state index in [0.717, 1.165) is 46.5 Å². The predicted octanol–water partition coefficient (Wildman–Crippen LogP) is 3.33. The van der Waals surface area contributed by atoms with Gasteiger partial charge in [-0.25, -0.2) is 15.0 Å². The van der Waals surface area contributed by atoms with Gasteiger partial charge in [0, 0.05) is 23.0 Å². The van der Waals surface area contributed by atoms with Crippen molar-refractivity contribution in [2.24, 2.45) is 0 Å². The lowest BCUT2D eigenvalue weighted by Gasteiger charge is -2.11. The van der Waals surface area contributed by atoms with Crippen LogP contribution in [0.15, 0.2) is 34.6 Å². The smallest absolute Gasteiger partial charge is 0.175 e. The first-order valence-corrected chi connectivity index (χ1v) is 10.3. The van der Waals surface area contributed by atoms with Crippen LogP contribution in [0.4, 0.5) is 5.82 Å². The molecule has 0 saturated heterocycles. The summed E-state index contributed by atoms with van der Waals surface area (Å²) in [6, 6.07) is 6.30. The Kier molecular flexibility index (Phi) is 6.96. The van der Waals surface area contributed by atoms with Crippen molar-refractivity contribution in [1.29, 1.82) is 0 Å². The highest BCUT2D eigenvalue weighted by atomic mass is 32.2. The fourth-order valence-electron chi connectivity index (χ4n) is 2.89. The third-order valence-corrected chi connectivity index (χ3v) is 5.34. The summed E-state index contributed by atoms with van der Waals surface area (Å²) in [5.74, 6) is 7.28. The van der Waals surface area contributed by atoms with E-state index >= 15 is 0 Å². The summed E-state index contributed by atoms with van der Waals surface area (Å²) in [6.45, 7) is 7.79. The standard InChI is InChI=1S/C21H26N6OS/c1-5-7-15-8-9-16(28-4)12-17(15)29-21-26-18-19(22)24-13-25-20(18)27(21)11-6-10-23-14(2)3/h8-9,12-14,23H,6,10-11H2,1-4H3,(H2,22,24,25). The Morgan fingerprint density at radius 2 is 2.14 bits per heavy atom. The van der Waals surface area contributed by atoms with Crippen LogP contribution in [0.1, 0.15) is 32.8 Å². The Morgan fingerprint density at radius 1 is 1.31 bits per heavy atom. The minimum absolute atomic E-state index is 0.384. The Labute approximate surface area is 175 Å². The fraction of sp³-hybridized carbons (Fsp3) is 0.381. The van der Waals surface area contributed by atoms with Gasteiger partial charge in [0.15, 0.2) is 22.1 Å². The van der Waals surface area contributed by atoms with Crippen molar-refractivity contribution in [3.8, 4) is 17.6 Å². The van der Waals surface area contributed by atoms with Gasteiger partial charge >= 0.3 is 0 Å². The number of hydrogen-bond donors (Lipinski definition) is 2. The summed E-state index contributed by atoms with van der Waals surface area (Å²) in [6.07, 6.45) is 2.43. The molecule has 0 fully saturated rings. The molecule has 0 aliphatic rings. The van der Waals surface area contributed by atoms with Gasteiger partial charge in [0.25, 0.3) is 0 Å². The molecule has 0 radical (unpaired) electrons. The normalized spacial score (nSPS) is 10.9. The van der Waals surface area contributed by atoms with Crippen molar-refractivity contribution < 1.29 is 4.74 Å². The largest absolute Gasteiger partial charge is 0.497 e. The molecule has 152 valence electrons. The van der Waals surface area contributed by atoms with Crippen molar-refractivity contribution in [2.45, 2.75) is 49.8 Å². The number of rotatable bonds is 8. The monoisotopic (exact) mass is 410 g/mol. The molecule has 0 unspecified atom stereocenters. The van der Waals surface area contributed by atoms with Crippen molar-refractivity contribution in [3.63, 3.8) is 0 Å². The van der Waals surface area contributed by atoms with Crippen LogP contribution in [0.3, 0.4) is 0 Å². The molecular formula is C21H26N6OS. The average Bonchev–Trinajstić information content (AvgIpc) is 3.05. The summed E-state index contributed by atoms with van der Waals surface area (Å²) in [7, 11) is 1.65. The molecule has 3 N–H and O–H groups in total. The minimum Gasteiger partial charge on any atom is -0.497 e. The molecule has 2 aromatic heterocycles. The highest BCUT2D eigenvalue weighted by molar-refractivity contribution is 7.99. The third kappa shape index (κ3) is 5.00. The lowest BCUT2D eigenvalue weighted by molar-refractivity contribution is 0.413. The SMILES string of the molecule is CC#Cc1ccc(OC)cc1Sc1nc2c(N)ncnc2n1CCCNC(C)C. The van der Waals surface area contributed by atoms with Gasteiger partial charge in [-0.3, -0.25) is 0 Å². The fourth-order valence-corrected chi connectivity index (χ4v) is 3.92. The molecule has 2 heterocycles. The van der Waals surface area contributed by atoms with E-state index in [1.54, 1.807) is 7.11 Å². The number of imidazole rings is 1. The number of nitrogens with one attached hydrogen (secondary N) is 1. The summed E-state index contributed by atoms with van der Waals surface area (Å²) in [4.78, 5) is 14.2. The molecule has 0 amide bonds. The van der Waals surface area contributed by atoms with E-state index in [2.05, 4.69) is 45.5 Å². The van der Waals surface area contributed by atoms with E-state index in [4.69, 9.17) is 15.5 Å². The quantitative estimate of drug-likeness (QED) is 0.435.